The van der Waals surface area contributed by atoms with Crippen molar-refractivity contribution in [1.29, 1.82) is 0 Å². The van der Waals surface area contributed by atoms with Crippen LogP contribution in [0.2, 0.25) is 0 Å². The van der Waals surface area contributed by atoms with Crippen LogP contribution in [0.15, 0.2) is 0 Å². The second-order valence-corrected chi connectivity index (χ2v) is 4.07. The summed E-state index contributed by atoms with van der Waals surface area (Å²) in [6.45, 7) is 0. The fourth-order valence-corrected chi connectivity index (χ4v) is 2.17. The number of fused-ring (bicyclic) bond motifs is 3. The zero-order chi connectivity index (χ0) is 12.2. The molecule has 5 heteroatoms. The van der Waals surface area contributed by atoms with Gasteiger partial charge in [-0.25, -0.2) is 0 Å². The Hall–Kier alpha value is -2.30. The van der Waals surface area contributed by atoms with Crippen molar-refractivity contribution in [3.05, 3.63) is 21.8 Å². The molecule has 0 unspecified atom stereocenters. The van der Waals surface area contributed by atoms with Gasteiger partial charge in [-0.3, -0.25) is 19.2 Å². The van der Waals surface area contributed by atoms with Gasteiger partial charge in [-0.1, -0.05) is 6.08 Å². The van der Waals surface area contributed by atoms with Crippen LogP contribution in [0.5, 0.6) is 0 Å². The van der Waals surface area contributed by atoms with Crippen molar-refractivity contribution in [2.24, 2.45) is 0 Å². The summed E-state index contributed by atoms with van der Waals surface area (Å²) in [6.07, 6.45) is 2.79. The molecule has 0 saturated heterocycles. The van der Waals surface area contributed by atoms with Gasteiger partial charge in [0.25, 0.3) is 0 Å². The molecule has 0 fully saturated rings. The lowest BCUT2D eigenvalue weighted by molar-refractivity contribution is -0.114. The Morgan fingerprint density at radius 1 is 1.06 bits per heavy atom. The Morgan fingerprint density at radius 2 is 1.82 bits per heavy atom. The third-order valence-electron chi connectivity index (χ3n) is 2.96. The minimum absolute atomic E-state index is 0.0607. The van der Waals surface area contributed by atoms with E-state index in [1.165, 1.54) is 6.08 Å². The van der Waals surface area contributed by atoms with E-state index >= 15 is 0 Å². The molecule has 2 aliphatic rings. The molecule has 0 bridgehead atoms. The average Bonchev–Trinajstić information content (AvgIpc) is 2.65. The van der Waals surface area contributed by atoms with Gasteiger partial charge in [-0.15, -0.1) is 0 Å². The van der Waals surface area contributed by atoms with Gasteiger partial charge in [0.2, 0.25) is 11.6 Å². The standard InChI is InChI=1S/C12H7NO4/c14-5-1-2-7-6(3-5)10-11(13-7)8(15)4-9(16)12(10)17/h2-3,13H,1,4H2. The van der Waals surface area contributed by atoms with Crippen molar-refractivity contribution in [3.8, 4) is 0 Å². The Labute approximate surface area is 94.8 Å². The van der Waals surface area contributed by atoms with E-state index in [4.69, 9.17) is 0 Å². The quantitative estimate of drug-likeness (QED) is 0.451. The molecule has 5 nitrogen and oxygen atoms in total. The number of rotatable bonds is 0. The molecule has 0 radical (unpaired) electrons. The van der Waals surface area contributed by atoms with E-state index in [0.29, 0.717) is 10.6 Å². The summed E-state index contributed by atoms with van der Waals surface area (Å²) in [6, 6.07) is 0. The molecule has 17 heavy (non-hydrogen) atoms. The van der Waals surface area contributed by atoms with Crippen molar-refractivity contribution >= 4 is 35.3 Å². The van der Waals surface area contributed by atoms with Crippen molar-refractivity contribution in [2.75, 3.05) is 0 Å². The van der Waals surface area contributed by atoms with E-state index < -0.39 is 17.3 Å². The number of ketones is 4. The number of hydrogen-bond donors (Lipinski definition) is 1. The molecular weight excluding hydrogens is 222 g/mol. The molecule has 3 rings (SSSR count). The minimum Gasteiger partial charge on any atom is -0.352 e. The summed E-state index contributed by atoms with van der Waals surface area (Å²) >= 11 is 0. The highest BCUT2D eigenvalue weighted by molar-refractivity contribution is 6.50. The van der Waals surface area contributed by atoms with Crippen LogP contribution in [0.4, 0.5) is 0 Å². The van der Waals surface area contributed by atoms with Crippen LogP contribution in [0.25, 0.3) is 12.2 Å². The Kier molecular flexibility index (Phi) is 1.80. The fourth-order valence-electron chi connectivity index (χ4n) is 2.17. The number of carbonyl (C=O) groups excluding carboxylic acids is 4. The fraction of sp³-hybridized carbons (Fsp3) is 0.167. The summed E-state index contributed by atoms with van der Waals surface area (Å²) in [5.41, 5.74) is 0.215. The molecule has 0 aromatic carbocycles. The van der Waals surface area contributed by atoms with Crippen LogP contribution in [-0.4, -0.2) is 28.1 Å². The molecule has 1 aromatic rings. The Bertz CT molecular complexity index is 720. The second-order valence-electron chi connectivity index (χ2n) is 4.07. The van der Waals surface area contributed by atoms with E-state index in [0.717, 1.165) is 0 Å². The summed E-state index contributed by atoms with van der Waals surface area (Å²) in [5, 5.41) is 0.952. The molecule has 1 heterocycles. The molecule has 0 saturated carbocycles. The van der Waals surface area contributed by atoms with Crippen molar-refractivity contribution in [2.45, 2.75) is 12.8 Å². The van der Waals surface area contributed by atoms with E-state index in [1.807, 2.05) is 0 Å². The third kappa shape index (κ3) is 1.25. The normalized spacial score (nSPS) is 18.4. The van der Waals surface area contributed by atoms with E-state index in [-0.39, 0.29) is 29.9 Å². The van der Waals surface area contributed by atoms with Gasteiger partial charge in [-0.2, -0.15) is 0 Å². The topological polar surface area (TPSA) is 84.1 Å². The van der Waals surface area contributed by atoms with Gasteiger partial charge in [0, 0.05) is 17.0 Å². The van der Waals surface area contributed by atoms with Gasteiger partial charge >= 0.3 is 0 Å². The summed E-state index contributed by atoms with van der Waals surface area (Å²) in [5.74, 6) is -1.93. The van der Waals surface area contributed by atoms with Crippen LogP contribution in [0.3, 0.4) is 0 Å². The molecule has 2 aliphatic carbocycles. The SMILES string of the molecule is O=C1C=c2c3c([nH]c2=CC1)C(=O)CC(=O)C3=O. The first-order valence-electron chi connectivity index (χ1n) is 5.15. The molecule has 84 valence electrons. The summed E-state index contributed by atoms with van der Waals surface area (Å²) < 4.78 is 0. The molecule has 0 spiro atoms. The van der Waals surface area contributed by atoms with Gasteiger partial charge in [-0.05, 0) is 6.08 Å². The Morgan fingerprint density at radius 3 is 2.59 bits per heavy atom. The van der Waals surface area contributed by atoms with Gasteiger partial charge in [0.05, 0.1) is 17.7 Å². The van der Waals surface area contributed by atoms with Crippen molar-refractivity contribution in [3.63, 3.8) is 0 Å². The predicted molar refractivity (Wildman–Crippen MR) is 56.9 cm³/mol. The molecule has 1 N–H and O–H groups in total. The molecule has 0 aliphatic heterocycles. The first kappa shape index (κ1) is 9.89. The lowest BCUT2D eigenvalue weighted by atomic mass is 9.92. The largest absolute Gasteiger partial charge is 0.352 e. The van der Waals surface area contributed by atoms with Crippen molar-refractivity contribution in [1.82, 2.24) is 4.98 Å². The summed E-state index contributed by atoms with van der Waals surface area (Å²) in [7, 11) is 0. The first-order chi connectivity index (χ1) is 8.08. The molecule has 0 atom stereocenters. The molecular formula is C12H7NO4. The van der Waals surface area contributed by atoms with Crippen LogP contribution in [0.1, 0.15) is 33.7 Å². The lowest BCUT2D eigenvalue weighted by Crippen LogP contribution is -2.34. The van der Waals surface area contributed by atoms with Gasteiger partial charge in [0.1, 0.15) is 0 Å². The van der Waals surface area contributed by atoms with Crippen LogP contribution in [-0.2, 0) is 9.59 Å². The average molecular weight is 229 g/mol. The molecule has 1 aromatic heterocycles. The number of hydrogen-bond acceptors (Lipinski definition) is 4. The number of nitrogens with one attached hydrogen (secondary N) is 1. The highest BCUT2D eigenvalue weighted by Crippen LogP contribution is 2.13. The Balaban J connectivity index is 2.45. The van der Waals surface area contributed by atoms with E-state index in [9.17, 15) is 19.2 Å². The summed E-state index contributed by atoms with van der Waals surface area (Å²) in [4.78, 5) is 48.8. The third-order valence-corrected chi connectivity index (χ3v) is 2.96. The first-order valence-corrected chi connectivity index (χ1v) is 5.15. The number of aromatic amines is 1. The smallest absolute Gasteiger partial charge is 0.231 e. The number of aromatic nitrogens is 1. The monoisotopic (exact) mass is 229 g/mol. The van der Waals surface area contributed by atoms with Crippen LogP contribution >= 0.6 is 0 Å². The number of H-pyrrole nitrogens is 1. The van der Waals surface area contributed by atoms with E-state index in [2.05, 4.69) is 4.98 Å². The lowest BCUT2D eigenvalue weighted by Gasteiger charge is -2.07. The zero-order valence-corrected chi connectivity index (χ0v) is 8.70. The van der Waals surface area contributed by atoms with Gasteiger partial charge in [0.15, 0.2) is 11.6 Å². The highest BCUT2D eigenvalue weighted by atomic mass is 16.2. The number of carbonyl (C=O) groups is 4. The second kappa shape index (κ2) is 3.10. The van der Waals surface area contributed by atoms with Gasteiger partial charge < -0.3 is 4.98 Å². The molecule has 0 amide bonds. The van der Waals surface area contributed by atoms with E-state index in [1.54, 1.807) is 6.08 Å². The number of Topliss-reactive ketones (excluding diaryl/α,β-unsaturated/α-hetero) is 4. The maximum atomic E-state index is 11.7. The highest BCUT2D eigenvalue weighted by Gasteiger charge is 2.33. The maximum Gasteiger partial charge on any atom is 0.231 e. The predicted octanol–water partition coefficient (Wildman–Crippen LogP) is -1.11. The van der Waals surface area contributed by atoms with Crippen LogP contribution < -0.4 is 10.6 Å². The maximum absolute atomic E-state index is 11.7. The minimum atomic E-state index is -0.712. The van der Waals surface area contributed by atoms with Crippen molar-refractivity contribution < 1.29 is 19.2 Å². The zero-order valence-electron chi connectivity index (χ0n) is 8.70. The van der Waals surface area contributed by atoms with Crippen LogP contribution in [0, 0.1) is 0 Å².